The molecule has 0 radical (unpaired) electrons. The number of unbranched alkanes of at least 4 members (excludes halogenated alkanes) is 20. The number of esters is 1. The standard InChI is InChI=1S/C39H70O4/c1-3-5-7-9-11-13-14-15-16-17-18-19-20-21-22-24-26-32-36-39(42)43-37(34-30-27-28-31-35-38(40)41)33-29-25-23-12-10-8-6-4-2/h13-14,16-17,29,33,37H,3-12,15,18-28,30-32,34-36H2,1-2H3,(H,40,41)/b14-13-,17-16-,33-29-. The van der Waals surface area contributed by atoms with Gasteiger partial charge in [0.05, 0.1) is 0 Å². The van der Waals surface area contributed by atoms with Crippen LogP contribution in [0, 0.1) is 0 Å². The maximum atomic E-state index is 12.5. The fraction of sp³-hybridized carbons (Fsp3) is 0.795. The van der Waals surface area contributed by atoms with Crippen molar-refractivity contribution in [1.29, 1.82) is 0 Å². The van der Waals surface area contributed by atoms with Crippen LogP contribution in [0.15, 0.2) is 36.5 Å². The molecule has 0 saturated heterocycles. The van der Waals surface area contributed by atoms with Crippen molar-refractivity contribution in [3.63, 3.8) is 0 Å². The molecule has 0 aliphatic heterocycles. The van der Waals surface area contributed by atoms with Crippen LogP contribution in [0.2, 0.25) is 0 Å². The zero-order valence-electron chi connectivity index (χ0n) is 28.5. The summed E-state index contributed by atoms with van der Waals surface area (Å²) in [6.07, 6.45) is 44.5. The Morgan fingerprint density at radius 3 is 1.53 bits per heavy atom. The molecule has 0 aliphatic rings. The Hall–Kier alpha value is -1.84. The van der Waals surface area contributed by atoms with Gasteiger partial charge in [-0.25, -0.2) is 0 Å². The van der Waals surface area contributed by atoms with E-state index in [0.717, 1.165) is 57.8 Å². The number of aliphatic carboxylic acids is 1. The Balaban J connectivity index is 3.97. The van der Waals surface area contributed by atoms with E-state index in [4.69, 9.17) is 9.84 Å². The van der Waals surface area contributed by atoms with Crippen molar-refractivity contribution < 1.29 is 19.4 Å². The summed E-state index contributed by atoms with van der Waals surface area (Å²) in [5, 5.41) is 8.81. The van der Waals surface area contributed by atoms with Gasteiger partial charge in [0.2, 0.25) is 0 Å². The minimum absolute atomic E-state index is 0.0711. The first kappa shape index (κ1) is 41.2. The molecule has 0 rings (SSSR count). The highest BCUT2D eigenvalue weighted by atomic mass is 16.5. The zero-order chi connectivity index (χ0) is 31.5. The summed E-state index contributed by atoms with van der Waals surface area (Å²) in [6.45, 7) is 4.50. The van der Waals surface area contributed by atoms with Crippen molar-refractivity contribution in [2.45, 2.75) is 200 Å². The van der Waals surface area contributed by atoms with Gasteiger partial charge >= 0.3 is 11.9 Å². The molecule has 0 bridgehead atoms. The minimum Gasteiger partial charge on any atom is -0.481 e. The van der Waals surface area contributed by atoms with Gasteiger partial charge in [0.25, 0.3) is 0 Å². The van der Waals surface area contributed by atoms with E-state index in [-0.39, 0.29) is 18.5 Å². The van der Waals surface area contributed by atoms with Crippen molar-refractivity contribution >= 4 is 11.9 Å². The number of ether oxygens (including phenoxy) is 1. The Bertz CT molecular complexity index is 693. The van der Waals surface area contributed by atoms with Crippen molar-refractivity contribution in [3.8, 4) is 0 Å². The number of rotatable bonds is 33. The van der Waals surface area contributed by atoms with Crippen LogP contribution in [0.25, 0.3) is 0 Å². The minimum atomic E-state index is -0.723. The van der Waals surface area contributed by atoms with Gasteiger partial charge < -0.3 is 9.84 Å². The number of carbonyl (C=O) groups excluding carboxylic acids is 1. The molecule has 1 unspecified atom stereocenters. The van der Waals surface area contributed by atoms with Crippen LogP contribution in [0.5, 0.6) is 0 Å². The van der Waals surface area contributed by atoms with Gasteiger partial charge in [-0.15, -0.1) is 0 Å². The van der Waals surface area contributed by atoms with E-state index in [9.17, 15) is 9.59 Å². The van der Waals surface area contributed by atoms with Gasteiger partial charge in [0.1, 0.15) is 6.10 Å². The Kier molecular flexibility index (Phi) is 33.2. The third-order valence-corrected chi connectivity index (χ3v) is 8.07. The number of carboxylic acid groups (broad SMARTS) is 1. The van der Waals surface area contributed by atoms with E-state index < -0.39 is 5.97 Å². The van der Waals surface area contributed by atoms with Crippen LogP contribution >= 0.6 is 0 Å². The van der Waals surface area contributed by atoms with E-state index in [1.807, 2.05) is 0 Å². The van der Waals surface area contributed by atoms with E-state index >= 15 is 0 Å². The molecule has 0 spiro atoms. The summed E-state index contributed by atoms with van der Waals surface area (Å²) in [5.41, 5.74) is 0. The maximum Gasteiger partial charge on any atom is 0.306 e. The topological polar surface area (TPSA) is 63.6 Å². The lowest BCUT2D eigenvalue weighted by atomic mass is 10.1. The summed E-state index contributed by atoms with van der Waals surface area (Å²) >= 11 is 0. The van der Waals surface area contributed by atoms with Gasteiger partial charge in [0, 0.05) is 12.8 Å². The molecule has 1 atom stereocenters. The molecular weight excluding hydrogens is 532 g/mol. The highest BCUT2D eigenvalue weighted by Crippen LogP contribution is 2.15. The molecule has 0 aliphatic carbocycles. The highest BCUT2D eigenvalue weighted by molar-refractivity contribution is 5.69. The lowest BCUT2D eigenvalue weighted by Crippen LogP contribution is -2.16. The number of carbonyl (C=O) groups is 2. The zero-order valence-corrected chi connectivity index (χ0v) is 28.5. The van der Waals surface area contributed by atoms with Crippen LogP contribution < -0.4 is 0 Å². The first-order valence-corrected chi connectivity index (χ1v) is 18.5. The normalized spacial score (nSPS) is 12.6. The summed E-state index contributed by atoms with van der Waals surface area (Å²) in [4.78, 5) is 23.2. The smallest absolute Gasteiger partial charge is 0.306 e. The van der Waals surface area contributed by atoms with Crippen molar-refractivity contribution in [1.82, 2.24) is 0 Å². The second kappa shape index (κ2) is 34.6. The van der Waals surface area contributed by atoms with Gasteiger partial charge in [0.15, 0.2) is 0 Å². The van der Waals surface area contributed by atoms with E-state index in [2.05, 4.69) is 50.3 Å². The molecule has 0 aromatic carbocycles. The number of allylic oxidation sites excluding steroid dienone is 5. The van der Waals surface area contributed by atoms with E-state index in [0.29, 0.717) is 6.42 Å². The molecule has 250 valence electrons. The van der Waals surface area contributed by atoms with Gasteiger partial charge in [-0.1, -0.05) is 141 Å². The fourth-order valence-corrected chi connectivity index (χ4v) is 5.30. The lowest BCUT2D eigenvalue weighted by molar-refractivity contribution is -0.147. The SMILES string of the molecule is CCCCCC/C=C\C/C=C\CCCCCCCCCC(=O)OC(/C=C\CCCCCCCC)CCCCCCC(=O)O. The fourth-order valence-electron chi connectivity index (χ4n) is 5.30. The van der Waals surface area contributed by atoms with E-state index in [1.165, 1.54) is 109 Å². The lowest BCUT2D eigenvalue weighted by Gasteiger charge is -2.15. The number of carboxylic acids is 1. The molecule has 4 heteroatoms. The van der Waals surface area contributed by atoms with Crippen molar-refractivity contribution in [2.75, 3.05) is 0 Å². The van der Waals surface area contributed by atoms with Crippen LogP contribution in [0.1, 0.15) is 194 Å². The first-order valence-electron chi connectivity index (χ1n) is 18.5. The molecule has 0 fully saturated rings. The first-order chi connectivity index (χ1) is 21.1. The predicted molar refractivity (Wildman–Crippen MR) is 186 cm³/mol. The van der Waals surface area contributed by atoms with Crippen molar-refractivity contribution in [3.05, 3.63) is 36.5 Å². The number of hydrogen-bond donors (Lipinski definition) is 1. The summed E-state index contributed by atoms with van der Waals surface area (Å²) < 4.78 is 5.86. The summed E-state index contributed by atoms with van der Waals surface area (Å²) in [7, 11) is 0. The van der Waals surface area contributed by atoms with Gasteiger partial charge in [-0.2, -0.15) is 0 Å². The molecule has 0 heterocycles. The molecule has 0 amide bonds. The highest BCUT2D eigenvalue weighted by Gasteiger charge is 2.11. The molecule has 1 N–H and O–H groups in total. The molecule has 0 aromatic heterocycles. The Morgan fingerprint density at radius 2 is 0.977 bits per heavy atom. The monoisotopic (exact) mass is 603 g/mol. The van der Waals surface area contributed by atoms with Gasteiger partial charge in [-0.3, -0.25) is 9.59 Å². The summed E-state index contributed by atoms with van der Waals surface area (Å²) in [6, 6.07) is 0. The molecular formula is C39H70O4. The summed E-state index contributed by atoms with van der Waals surface area (Å²) in [5.74, 6) is -0.794. The molecule has 0 aromatic rings. The van der Waals surface area contributed by atoms with Crippen molar-refractivity contribution in [2.24, 2.45) is 0 Å². The van der Waals surface area contributed by atoms with Gasteiger partial charge in [-0.05, 0) is 76.7 Å². The Morgan fingerprint density at radius 1 is 0.535 bits per heavy atom. The largest absolute Gasteiger partial charge is 0.481 e. The number of hydrogen-bond acceptors (Lipinski definition) is 3. The average Bonchev–Trinajstić information content (AvgIpc) is 2.99. The maximum absolute atomic E-state index is 12.5. The third-order valence-electron chi connectivity index (χ3n) is 8.07. The Labute approximate surface area is 267 Å². The quantitative estimate of drug-likeness (QED) is 0.0461. The molecule has 43 heavy (non-hydrogen) atoms. The van der Waals surface area contributed by atoms with Crippen LogP contribution in [-0.4, -0.2) is 23.1 Å². The molecule has 0 saturated carbocycles. The van der Waals surface area contributed by atoms with Crippen LogP contribution in [0.3, 0.4) is 0 Å². The molecule has 4 nitrogen and oxygen atoms in total. The van der Waals surface area contributed by atoms with Crippen LogP contribution in [0.4, 0.5) is 0 Å². The second-order valence-corrected chi connectivity index (χ2v) is 12.4. The second-order valence-electron chi connectivity index (χ2n) is 12.4. The third kappa shape index (κ3) is 34.5. The van der Waals surface area contributed by atoms with E-state index in [1.54, 1.807) is 0 Å². The predicted octanol–water partition coefficient (Wildman–Crippen LogP) is 12.6. The average molecular weight is 603 g/mol. The van der Waals surface area contributed by atoms with Crippen LogP contribution in [-0.2, 0) is 14.3 Å².